The SMILES string of the molecule is Cc1oncc1C1COCCN1. The standard InChI is InChI=1S/C8H12N2O2/c1-6-7(4-10-12-6)8-5-11-3-2-9-8/h4,8-9H,2-3,5H2,1H3. The van der Waals surface area contributed by atoms with Gasteiger partial charge in [-0.05, 0) is 6.92 Å². The summed E-state index contributed by atoms with van der Waals surface area (Å²) in [5.41, 5.74) is 1.11. The van der Waals surface area contributed by atoms with Crippen molar-refractivity contribution in [2.24, 2.45) is 0 Å². The number of nitrogens with zero attached hydrogens (tertiary/aromatic N) is 1. The van der Waals surface area contributed by atoms with Gasteiger partial charge in [-0.25, -0.2) is 0 Å². The zero-order valence-electron chi connectivity index (χ0n) is 7.04. The highest BCUT2D eigenvalue weighted by molar-refractivity contribution is 5.17. The van der Waals surface area contributed by atoms with Crippen LogP contribution in [0.4, 0.5) is 0 Å². The maximum Gasteiger partial charge on any atom is 0.138 e. The Labute approximate surface area is 70.9 Å². The molecule has 4 nitrogen and oxygen atoms in total. The Morgan fingerprint density at radius 1 is 1.67 bits per heavy atom. The molecular formula is C8H12N2O2. The van der Waals surface area contributed by atoms with Crippen LogP contribution in [0.3, 0.4) is 0 Å². The van der Waals surface area contributed by atoms with Crippen molar-refractivity contribution in [1.82, 2.24) is 10.5 Å². The first-order valence-electron chi connectivity index (χ1n) is 4.10. The number of nitrogens with one attached hydrogen (secondary N) is 1. The molecule has 1 aromatic rings. The van der Waals surface area contributed by atoms with Gasteiger partial charge < -0.3 is 14.6 Å². The lowest BCUT2D eigenvalue weighted by atomic mass is 10.1. The van der Waals surface area contributed by atoms with Crippen LogP contribution in [-0.4, -0.2) is 24.9 Å². The van der Waals surface area contributed by atoms with Gasteiger partial charge in [-0.1, -0.05) is 5.16 Å². The lowest BCUT2D eigenvalue weighted by Crippen LogP contribution is -2.34. The van der Waals surface area contributed by atoms with Gasteiger partial charge in [-0.15, -0.1) is 0 Å². The summed E-state index contributed by atoms with van der Waals surface area (Å²) in [6.07, 6.45) is 1.75. The molecule has 0 amide bonds. The highest BCUT2D eigenvalue weighted by Gasteiger charge is 2.19. The van der Waals surface area contributed by atoms with Crippen molar-refractivity contribution in [2.75, 3.05) is 19.8 Å². The predicted molar refractivity (Wildman–Crippen MR) is 42.8 cm³/mol. The van der Waals surface area contributed by atoms with E-state index in [0.29, 0.717) is 6.61 Å². The van der Waals surface area contributed by atoms with Crippen molar-refractivity contribution >= 4 is 0 Å². The minimum absolute atomic E-state index is 0.255. The summed E-state index contributed by atoms with van der Waals surface area (Å²) in [5, 5.41) is 7.06. The monoisotopic (exact) mass is 168 g/mol. The van der Waals surface area contributed by atoms with Crippen molar-refractivity contribution in [3.05, 3.63) is 17.5 Å². The quantitative estimate of drug-likeness (QED) is 0.668. The first-order valence-corrected chi connectivity index (χ1v) is 4.10. The molecule has 0 aliphatic carbocycles. The fraction of sp³-hybridized carbons (Fsp3) is 0.625. The van der Waals surface area contributed by atoms with E-state index in [-0.39, 0.29) is 6.04 Å². The van der Waals surface area contributed by atoms with E-state index in [0.717, 1.165) is 24.5 Å². The van der Waals surface area contributed by atoms with Crippen LogP contribution in [0.5, 0.6) is 0 Å². The van der Waals surface area contributed by atoms with Crippen LogP contribution in [-0.2, 0) is 4.74 Å². The van der Waals surface area contributed by atoms with Crippen molar-refractivity contribution in [3.63, 3.8) is 0 Å². The molecule has 12 heavy (non-hydrogen) atoms. The van der Waals surface area contributed by atoms with Gasteiger partial charge in [-0.2, -0.15) is 0 Å². The number of hydrogen-bond acceptors (Lipinski definition) is 4. The number of morpholine rings is 1. The summed E-state index contributed by atoms with van der Waals surface area (Å²) in [6.45, 7) is 4.32. The molecule has 1 aliphatic heterocycles. The molecule has 0 radical (unpaired) electrons. The second-order valence-corrected chi connectivity index (χ2v) is 2.92. The molecule has 1 N–H and O–H groups in total. The Balaban J connectivity index is 2.13. The Hall–Kier alpha value is -0.870. The highest BCUT2D eigenvalue weighted by Crippen LogP contribution is 2.18. The molecule has 4 heteroatoms. The van der Waals surface area contributed by atoms with Gasteiger partial charge >= 0.3 is 0 Å². The maximum atomic E-state index is 5.33. The molecule has 2 rings (SSSR count). The molecule has 1 saturated heterocycles. The third-order valence-corrected chi connectivity index (χ3v) is 2.09. The van der Waals surface area contributed by atoms with E-state index >= 15 is 0 Å². The number of aromatic nitrogens is 1. The Bertz CT molecular complexity index is 253. The Morgan fingerprint density at radius 3 is 3.17 bits per heavy atom. The first kappa shape index (κ1) is 7.76. The van der Waals surface area contributed by atoms with Crippen molar-refractivity contribution in [1.29, 1.82) is 0 Å². The predicted octanol–water partition coefficient (Wildman–Crippen LogP) is 0.644. The van der Waals surface area contributed by atoms with E-state index in [1.54, 1.807) is 6.20 Å². The average Bonchev–Trinajstić information content (AvgIpc) is 2.53. The van der Waals surface area contributed by atoms with Crippen LogP contribution < -0.4 is 5.32 Å². The normalized spacial score (nSPS) is 24.2. The molecule has 2 heterocycles. The van der Waals surface area contributed by atoms with E-state index in [9.17, 15) is 0 Å². The van der Waals surface area contributed by atoms with Crippen molar-refractivity contribution in [2.45, 2.75) is 13.0 Å². The van der Waals surface area contributed by atoms with Gasteiger partial charge in [0.1, 0.15) is 5.76 Å². The molecule has 0 aromatic carbocycles. The van der Waals surface area contributed by atoms with Crippen molar-refractivity contribution < 1.29 is 9.26 Å². The largest absolute Gasteiger partial charge is 0.378 e. The summed E-state index contributed by atoms with van der Waals surface area (Å²) in [5.74, 6) is 0.873. The number of ether oxygens (including phenoxy) is 1. The molecular weight excluding hydrogens is 156 g/mol. The summed E-state index contributed by atoms with van der Waals surface area (Å²) in [6, 6.07) is 0.255. The Kier molecular flexibility index (Phi) is 2.10. The van der Waals surface area contributed by atoms with Gasteiger partial charge in [0.15, 0.2) is 0 Å². The van der Waals surface area contributed by atoms with Crippen molar-refractivity contribution in [3.8, 4) is 0 Å². The minimum Gasteiger partial charge on any atom is -0.378 e. The molecule has 0 saturated carbocycles. The van der Waals surface area contributed by atoms with Gasteiger partial charge in [-0.3, -0.25) is 0 Å². The smallest absolute Gasteiger partial charge is 0.138 e. The molecule has 1 aliphatic rings. The summed E-state index contributed by atoms with van der Waals surface area (Å²) < 4.78 is 10.3. The molecule has 1 fully saturated rings. The third-order valence-electron chi connectivity index (χ3n) is 2.09. The Morgan fingerprint density at radius 2 is 2.58 bits per heavy atom. The zero-order chi connectivity index (χ0) is 8.39. The molecule has 66 valence electrons. The van der Waals surface area contributed by atoms with Crippen LogP contribution in [0, 0.1) is 6.92 Å². The van der Waals surface area contributed by atoms with Crippen LogP contribution in [0.2, 0.25) is 0 Å². The average molecular weight is 168 g/mol. The molecule has 0 bridgehead atoms. The summed E-state index contributed by atoms with van der Waals surface area (Å²) in [7, 11) is 0. The summed E-state index contributed by atoms with van der Waals surface area (Å²) >= 11 is 0. The number of hydrogen-bond donors (Lipinski definition) is 1. The van der Waals surface area contributed by atoms with Gasteiger partial charge in [0, 0.05) is 12.1 Å². The van der Waals surface area contributed by atoms with E-state index in [1.807, 2.05) is 6.92 Å². The van der Waals surface area contributed by atoms with Crippen LogP contribution in [0.1, 0.15) is 17.4 Å². The summed E-state index contributed by atoms with van der Waals surface area (Å²) in [4.78, 5) is 0. The third kappa shape index (κ3) is 1.35. The fourth-order valence-corrected chi connectivity index (χ4v) is 1.41. The van der Waals surface area contributed by atoms with E-state index in [1.165, 1.54) is 0 Å². The first-order chi connectivity index (χ1) is 5.88. The van der Waals surface area contributed by atoms with E-state index < -0.39 is 0 Å². The van der Waals surface area contributed by atoms with Gasteiger partial charge in [0.05, 0.1) is 25.5 Å². The number of aryl methyl sites for hydroxylation is 1. The second-order valence-electron chi connectivity index (χ2n) is 2.92. The minimum atomic E-state index is 0.255. The van der Waals surface area contributed by atoms with Crippen LogP contribution in [0.25, 0.3) is 0 Å². The second kappa shape index (κ2) is 3.25. The molecule has 1 atom stereocenters. The topological polar surface area (TPSA) is 47.3 Å². The molecule has 1 unspecified atom stereocenters. The maximum absolute atomic E-state index is 5.33. The highest BCUT2D eigenvalue weighted by atomic mass is 16.5. The van der Waals surface area contributed by atoms with E-state index in [2.05, 4.69) is 10.5 Å². The van der Waals surface area contributed by atoms with Crippen LogP contribution in [0.15, 0.2) is 10.7 Å². The lowest BCUT2D eigenvalue weighted by Gasteiger charge is -2.22. The molecule has 0 spiro atoms. The van der Waals surface area contributed by atoms with Gasteiger partial charge in [0.25, 0.3) is 0 Å². The zero-order valence-corrected chi connectivity index (χ0v) is 7.04. The fourth-order valence-electron chi connectivity index (χ4n) is 1.41. The van der Waals surface area contributed by atoms with Crippen LogP contribution >= 0.6 is 0 Å². The van der Waals surface area contributed by atoms with Gasteiger partial charge in [0.2, 0.25) is 0 Å². The number of rotatable bonds is 1. The van der Waals surface area contributed by atoms with E-state index in [4.69, 9.17) is 9.26 Å². The molecule has 1 aromatic heterocycles. The lowest BCUT2D eigenvalue weighted by molar-refractivity contribution is 0.0764.